The molecule has 0 amide bonds. The van der Waals surface area contributed by atoms with Crippen LogP contribution < -0.4 is 14.8 Å². The van der Waals surface area contributed by atoms with Gasteiger partial charge < -0.3 is 14.8 Å². The molecule has 1 aromatic rings. The van der Waals surface area contributed by atoms with Crippen LogP contribution in [0, 0.1) is 10.1 Å². The summed E-state index contributed by atoms with van der Waals surface area (Å²) in [6, 6.07) is 4.24. The monoisotopic (exact) mass is 266 g/mol. The van der Waals surface area contributed by atoms with Gasteiger partial charge in [-0.2, -0.15) is 0 Å². The van der Waals surface area contributed by atoms with Gasteiger partial charge in [0.1, 0.15) is 6.61 Å². The summed E-state index contributed by atoms with van der Waals surface area (Å²) in [6.45, 7) is 7.63. The second kappa shape index (κ2) is 7.38. The van der Waals surface area contributed by atoms with Gasteiger partial charge in [-0.05, 0) is 18.2 Å². The zero-order valence-electron chi connectivity index (χ0n) is 11.1. The SMILES string of the molecule is C=C(CNCC)COc1cc([N+](=O)[O-])ccc1OC. The van der Waals surface area contributed by atoms with Gasteiger partial charge in [-0.3, -0.25) is 10.1 Å². The number of rotatable bonds is 8. The van der Waals surface area contributed by atoms with Crippen molar-refractivity contribution in [3.63, 3.8) is 0 Å². The maximum Gasteiger partial charge on any atom is 0.273 e. The standard InChI is InChI=1S/C13H18N2O4/c1-4-14-8-10(2)9-19-13-7-11(15(16)17)5-6-12(13)18-3/h5-7,14H,2,4,8-9H2,1,3H3. The Labute approximate surface area is 112 Å². The molecule has 0 bridgehead atoms. The smallest absolute Gasteiger partial charge is 0.273 e. The zero-order chi connectivity index (χ0) is 14.3. The van der Waals surface area contributed by atoms with E-state index in [1.54, 1.807) is 0 Å². The number of methoxy groups -OCH3 is 1. The molecule has 0 fully saturated rings. The Morgan fingerprint density at radius 1 is 1.47 bits per heavy atom. The second-order valence-corrected chi connectivity index (χ2v) is 3.91. The van der Waals surface area contributed by atoms with Crippen molar-refractivity contribution < 1.29 is 14.4 Å². The number of hydrogen-bond donors (Lipinski definition) is 1. The van der Waals surface area contributed by atoms with E-state index in [1.807, 2.05) is 6.92 Å². The Hall–Kier alpha value is -2.08. The van der Waals surface area contributed by atoms with E-state index in [2.05, 4.69) is 11.9 Å². The molecular weight excluding hydrogens is 248 g/mol. The number of likely N-dealkylation sites (N-methyl/N-ethyl adjacent to an activating group) is 1. The minimum Gasteiger partial charge on any atom is -0.493 e. The van der Waals surface area contributed by atoms with Crippen molar-refractivity contribution in [3.05, 3.63) is 40.5 Å². The number of nitro groups is 1. The van der Waals surface area contributed by atoms with Crippen molar-refractivity contribution in [1.82, 2.24) is 5.32 Å². The third kappa shape index (κ3) is 4.59. The van der Waals surface area contributed by atoms with Crippen molar-refractivity contribution in [1.29, 1.82) is 0 Å². The van der Waals surface area contributed by atoms with Gasteiger partial charge in [-0.25, -0.2) is 0 Å². The first kappa shape index (κ1) is 15.0. The lowest BCUT2D eigenvalue weighted by Crippen LogP contribution is -2.18. The lowest BCUT2D eigenvalue weighted by atomic mass is 10.2. The first-order valence-corrected chi connectivity index (χ1v) is 5.91. The molecule has 0 aromatic heterocycles. The lowest BCUT2D eigenvalue weighted by molar-refractivity contribution is -0.385. The number of non-ortho nitro benzene ring substituents is 1. The maximum absolute atomic E-state index is 10.7. The van der Waals surface area contributed by atoms with Gasteiger partial charge in [-0.1, -0.05) is 13.5 Å². The fourth-order valence-corrected chi connectivity index (χ4v) is 1.42. The van der Waals surface area contributed by atoms with E-state index in [0.717, 1.165) is 12.1 Å². The third-order valence-corrected chi connectivity index (χ3v) is 2.41. The van der Waals surface area contributed by atoms with E-state index in [4.69, 9.17) is 9.47 Å². The van der Waals surface area contributed by atoms with E-state index < -0.39 is 4.92 Å². The predicted molar refractivity (Wildman–Crippen MR) is 72.8 cm³/mol. The quantitative estimate of drug-likeness (QED) is 0.443. The Kier molecular flexibility index (Phi) is 5.81. The first-order valence-electron chi connectivity index (χ1n) is 5.91. The Morgan fingerprint density at radius 2 is 2.21 bits per heavy atom. The number of hydrogen-bond acceptors (Lipinski definition) is 5. The van der Waals surface area contributed by atoms with Crippen LogP contribution in [0.1, 0.15) is 6.92 Å². The molecule has 1 rings (SSSR count). The van der Waals surface area contributed by atoms with E-state index in [0.29, 0.717) is 18.0 Å². The summed E-state index contributed by atoms with van der Waals surface area (Å²) >= 11 is 0. The molecule has 0 spiro atoms. The molecule has 1 aromatic carbocycles. The average molecular weight is 266 g/mol. The molecular formula is C13H18N2O4. The number of nitrogens with zero attached hydrogens (tertiary/aromatic N) is 1. The van der Waals surface area contributed by atoms with Crippen LogP contribution >= 0.6 is 0 Å². The average Bonchev–Trinajstić information content (AvgIpc) is 2.42. The maximum atomic E-state index is 10.7. The van der Waals surface area contributed by atoms with Crippen LogP contribution in [0.3, 0.4) is 0 Å². The topological polar surface area (TPSA) is 73.6 Å². The molecule has 6 nitrogen and oxygen atoms in total. The lowest BCUT2D eigenvalue weighted by Gasteiger charge is -2.12. The molecule has 0 radical (unpaired) electrons. The van der Waals surface area contributed by atoms with Gasteiger partial charge in [0, 0.05) is 12.6 Å². The van der Waals surface area contributed by atoms with Crippen molar-refractivity contribution in [2.75, 3.05) is 26.8 Å². The van der Waals surface area contributed by atoms with Crippen LogP contribution in [0.5, 0.6) is 11.5 Å². The molecule has 1 N–H and O–H groups in total. The zero-order valence-corrected chi connectivity index (χ0v) is 11.1. The highest BCUT2D eigenvalue weighted by Crippen LogP contribution is 2.31. The van der Waals surface area contributed by atoms with E-state index in [-0.39, 0.29) is 12.3 Å². The van der Waals surface area contributed by atoms with Crippen LogP contribution in [0.4, 0.5) is 5.69 Å². The van der Waals surface area contributed by atoms with Gasteiger partial charge in [0.15, 0.2) is 11.5 Å². The van der Waals surface area contributed by atoms with Crippen molar-refractivity contribution in [2.45, 2.75) is 6.92 Å². The van der Waals surface area contributed by atoms with Crippen molar-refractivity contribution in [2.24, 2.45) is 0 Å². The fraction of sp³-hybridized carbons (Fsp3) is 0.385. The van der Waals surface area contributed by atoms with Crippen LogP contribution in [-0.4, -0.2) is 31.7 Å². The summed E-state index contributed by atoms with van der Waals surface area (Å²) in [5.74, 6) is 0.802. The van der Waals surface area contributed by atoms with Crippen LogP contribution in [0.15, 0.2) is 30.4 Å². The molecule has 0 aliphatic carbocycles. The summed E-state index contributed by atoms with van der Waals surface area (Å²) in [7, 11) is 1.49. The minimum atomic E-state index is -0.472. The summed E-state index contributed by atoms with van der Waals surface area (Å²) in [4.78, 5) is 10.2. The fourth-order valence-electron chi connectivity index (χ4n) is 1.42. The van der Waals surface area contributed by atoms with Crippen LogP contribution in [0.2, 0.25) is 0 Å². The Morgan fingerprint density at radius 3 is 2.79 bits per heavy atom. The minimum absolute atomic E-state index is 0.0342. The highest BCUT2D eigenvalue weighted by Gasteiger charge is 2.12. The molecule has 6 heteroatoms. The van der Waals surface area contributed by atoms with Gasteiger partial charge >= 0.3 is 0 Å². The van der Waals surface area contributed by atoms with Gasteiger partial charge in [-0.15, -0.1) is 0 Å². The molecule has 0 unspecified atom stereocenters. The van der Waals surface area contributed by atoms with Crippen LogP contribution in [-0.2, 0) is 0 Å². The van der Waals surface area contributed by atoms with Crippen LogP contribution in [0.25, 0.3) is 0 Å². The number of nitrogens with one attached hydrogen (secondary N) is 1. The van der Waals surface area contributed by atoms with E-state index in [9.17, 15) is 10.1 Å². The molecule has 0 atom stereocenters. The predicted octanol–water partition coefficient (Wildman–Crippen LogP) is 2.15. The summed E-state index contributed by atoms with van der Waals surface area (Å²) < 4.78 is 10.6. The highest BCUT2D eigenvalue weighted by atomic mass is 16.6. The van der Waals surface area contributed by atoms with Crippen molar-refractivity contribution >= 4 is 5.69 Å². The molecule has 0 saturated heterocycles. The van der Waals surface area contributed by atoms with Gasteiger partial charge in [0.05, 0.1) is 18.1 Å². The van der Waals surface area contributed by atoms with E-state index in [1.165, 1.54) is 25.3 Å². The molecule has 0 heterocycles. The first-order chi connectivity index (χ1) is 9.08. The molecule has 104 valence electrons. The summed E-state index contributed by atoms with van der Waals surface area (Å²) in [6.07, 6.45) is 0. The Bertz CT molecular complexity index is 460. The number of ether oxygens (including phenoxy) is 2. The molecule has 0 aliphatic heterocycles. The second-order valence-electron chi connectivity index (χ2n) is 3.91. The normalized spacial score (nSPS) is 10.0. The molecule has 0 saturated carbocycles. The highest BCUT2D eigenvalue weighted by molar-refractivity contribution is 5.48. The van der Waals surface area contributed by atoms with E-state index >= 15 is 0 Å². The number of nitro benzene ring substituents is 1. The largest absolute Gasteiger partial charge is 0.493 e. The molecule has 0 aliphatic rings. The van der Waals surface area contributed by atoms with Crippen molar-refractivity contribution in [3.8, 4) is 11.5 Å². The van der Waals surface area contributed by atoms with Gasteiger partial charge in [0.2, 0.25) is 0 Å². The third-order valence-electron chi connectivity index (χ3n) is 2.41. The Balaban J connectivity index is 2.72. The van der Waals surface area contributed by atoms with Gasteiger partial charge in [0.25, 0.3) is 5.69 Å². The molecule has 19 heavy (non-hydrogen) atoms. The summed E-state index contributed by atoms with van der Waals surface area (Å²) in [5, 5.41) is 13.8. The summed E-state index contributed by atoms with van der Waals surface area (Å²) in [5.41, 5.74) is 0.823. The number of benzene rings is 1.